The van der Waals surface area contributed by atoms with Gasteiger partial charge in [0.05, 0.1) is 12.7 Å². The van der Waals surface area contributed by atoms with Crippen molar-refractivity contribution in [1.29, 1.82) is 0 Å². The van der Waals surface area contributed by atoms with E-state index in [1.54, 1.807) is 0 Å². The van der Waals surface area contributed by atoms with Gasteiger partial charge in [-0.3, -0.25) is 0 Å². The van der Waals surface area contributed by atoms with E-state index in [-0.39, 0.29) is 12.4 Å². The maximum absolute atomic E-state index is 6.18. The fraction of sp³-hybridized carbons (Fsp3) is 0.417. The van der Waals surface area contributed by atoms with Crippen LogP contribution in [0.3, 0.4) is 0 Å². The molecule has 0 bridgehead atoms. The standard InChI is InChI=1S/C24H27BrO3/c25-21-7-5-6-18(15-21)10-11-19-14-20(23-8-1-3-12-26-23)17-22(16-19)28-24-9-2-4-13-27-24/h5-7,10-11,14-17,23-24H,1-4,8-9,12-13H2. The van der Waals surface area contributed by atoms with Crippen LogP contribution in [0.5, 0.6) is 5.75 Å². The van der Waals surface area contributed by atoms with E-state index in [1.807, 2.05) is 12.1 Å². The minimum absolute atomic E-state index is 0.141. The molecule has 0 N–H and O–H groups in total. The lowest BCUT2D eigenvalue weighted by atomic mass is 9.98. The first-order valence-corrected chi connectivity index (χ1v) is 11.0. The largest absolute Gasteiger partial charge is 0.465 e. The first-order valence-electron chi connectivity index (χ1n) is 10.2. The summed E-state index contributed by atoms with van der Waals surface area (Å²) in [4.78, 5) is 0. The van der Waals surface area contributed by atoms with Crippen LogP contribution in [0.2, 0.25) is 0 Å². The molecule has 2 saturated heterocycles. The molecular formula is C24H27BrO3. The zero-order valence-corrected chi connectivity index (χ0v) is 17.7. The summed E-state index contributed by atoms with van der Waals surface area (Å²) in [5, 5.41) is 0. The topological polar surface area (TPSA) is 27.7 Å². The molecule has 2 fully saturated rings. The minimum Gasteiger partial charge on any atom is -0.465 e. The predicted octanol–water partition coefficient (Wildman–Crippen LogP) is 6.77. The van der Waals surface area contributed by atoms with Gasteiger partial charge in [-0.15, -0.1) is 0 Å². The molecule has 0 aromatic heterocycles. The first-order chi connectivity index (χ1) is 13.8. The summed E-state index contributed by atoms with van der Waals surface area (Å²) in [5.41, 5.74) is 3.48. The van der Waals surface area contributed by atoms with Gasteiger partial charge < -0.3 is 14.2 Å². The summed E-state index contributed by atoms with van der Waals surface area (Å²) in [6.07, 6.45) is 11.0. The molecule has 0 saturated carbocycles. The Balaban J connectivity index is 1.58. The van der Waals surface area contributed by atoms with Crippen molar-refractivity contribution in [3.63, 3.8) is 0 Å². The summed E-state index contributed by atoms with van der Waals surface area (Å²) in [7, 11) is 0. The second-order valence-corrected chi connectivity index (χ2v) is 8.41. The van der Waals surface area contributed by atoms with Crippen molar-refractivity contribution < 1.29 is 14.2 Å². The third-order valence-corrected chi connectivity index (χ3v) is 5.72. The number of halogens is 1. The van der Waals surface area contributed by atoms with Gasteiger partial charge in [0, 0.05) is 17.5 Å². The summed E-state index contributed by atoms with van der Waals surface area (Å²) in [5.74, 6) is 0.868. The van der Waals surface area contributed by atoms with Crippen molar-refractivity contribution in [1.82, 2.24) is 0 Å². The van der Waals surface area contributed by atoms with Crippen LogP contribution in [-0.4, -0.2) is 19.5 Å². The van der Waals surface area contributed by atoms with Crippen LogP contribution in [0.4, 0.5) is 0 Å². The normalized spacial score (nSPS) is 23.0. The Morgan fingerprint density at radius 1 is 0.857 bits per heavy atom. The highest BCUT2D eigenvalue weighted by Gasteiger charge is 2.19. The second-order valence-electron chi connectivity index (χ2n) is 7.49. The van der Waals surface area contributed by atoms with Crippen LogP contribution in [0.15, 0.2) is 46.9 Å². The van der Waals surface area contributed by atoms with Gasteiger partial charge in [-0.25, -0.2) is 0 Å². The highest BCUT2D eigenvalue weighted by atomic mass is 79.9. The summed E-state index contributed by atoms with van der Waals surface area (Å²) in [6, 6.07) is 14.7. The molecule has 148 valence electrons. The molecule has 28 heavy (non-hydrogen) atoms. The quantitative estimate of drug-likeness (QED) is 0.478. The fourth-order valence-corrected chi connectivity index (χ4v) is 4.18. The van der Waals surface area contributed by atoms with Crippen LogP contribution in [-0.2, 0) is 9.47 Å². The van der Waals surface area contributed by atoms with Crippen molar-refractivity contribution in [2.45, 2.75) is 50.9 Å². The average molecular weight is 443 g/mol. The molecule has 2 atom stereocenters. The van der Waals surface area contributed by atoms with Gasteiger partial charge in [0.25, 0.3) is 0 Å². The third kappa shape index (κ3) is 5.47. The molecule has 2 aromatic carbocycles. The van der Waals surface area contributed by atoms with Crippen molar-refractivity contribution in [2.24, 2.45) is 0 Å². The van der Waals surface area contributed by atoms with Gasteiger partial charge >= 0.3 is 0 Å². The molecule has 0 radical (unpaired) electrons. The third-order valence-electron chi connectivity index (χ3n) is 5.22. The van der Waals surface area contributed by atoms with E-state index < -0.39 is 0 Å². The smallest absolute Gasteiger partial charge is 0.199 e. The highest BCUT2D eigenvalue weighted by Crippen LogP contribution is 2.32. The van der Waals surface area contributed by atoms with Crippen molar-refractivity contribution in [2.75, 3.05) is 13.2 Å². The van der Waals surface area contributed by atoms with Gasteiger partial charge in [0.2, 0.25) is 0 Å². The van der Waals surface area contributed by atoms with Gasteiger partial charge in [0.15, 0.2) is 6.29 Å². The molecular weight excluding hydrogens is 416 g/mol. The van der Waals surface area contributed by atoms with Gasteiger partial charge in [0.1, 0.15) is 5.75 Å². The zero-order chi connectivity index (χ0) is 19.2. The van der Waals surface area contributed by atoms with Gasteiger partial charge in [-0.1, -0.05) is 40.2 Å². The van der Waals surface area contributed by atoms with Crippen molar-refractivity contribution in [3.8, 4) is 5.75 Å². The maximum Gasteiger partial charge on any atom is 0.199 e. The molecule has 0 amide bonds. The Hall–Kier alpha value is -1.62. The second kappa shape index (κ2) is 9.73. The van der Waals surface area contributed by atoms with E-state index in [9.17, 15) is 0 Å². The molecule has 2 aromatic rings. The number of hydrogen-bond acceptors (Lipinski definition) is 3. The van der Waals surface area contributed by atoms with Gasteiger partial charge in [-0.2, -0.15) is 0 Å². The molecule has 4 heteroatoms. The minimum atomic E-state index is -0.141. The Morgan fingerprint density at radius 2 is 1.68 bits per heavy atom. The first kappa shape index (κ1) is 19.7. The van der Waals surface area contributed by atoms with Crippen LogP contribution < -0.4 is 4.74 Å². The van der Waals surface area contributed by atoms with Crippen LogP contribution >= 0.6 is 15.9 Å². The Labute approximate surface area is 175 Å². The molecule has 2 heterocycles. The van der Waals surface area contributed by atoms with Crippen molar-refractivity contribution in [3.05, 3.63) is 63.6 Å². The average Bonchev–Trinajstić information content (AvgIpc) is 2.74. The monoisotopic (exact) mass is 442 g/mol. The van der Waals surface area contributed by atoms with Crippen molar-refractivity contribution >= 4 is 28.1 Å². The molecule has 3 nitrogen and oxygen atoms in total. The lowest BCUT2D eigenvalue weighted by molar-refractivity contribution is -0.106. The summed E-state index contributed by atoms with van der Waals surface area (Å²) < 4.78 is 19.1. The zero-order valence-electron chi connectivity index (χ0n) is 16.1. The van der Waals surface area contributed by atoms with Crippen LogP contribution in [0, 0.1) is 0 Å². The molecule has 2 aliphatic rings. The Morgan fingerprint density at radius 3 is 2.43 bits per heavy atom. The number of ether oxygens (including phenoxy) is 3. The Kier molecular flexibility index (Phi) is 6.84. The van der Waals surface area contributed by atoms with E-state index in [4.69, 9.17) is 14.2 Å². The van der Waals surface area contributed by atoms with Gasteiger partial charge in [-0.05, 0) is 79.1 Å². The number of hydrogen-bond donors (Lipinski definition) is 0. The predicted molar refractivity (Wildman–Crippen MR) is 116 cm³/mol. The lowest BCUT2D eigenvalue weighted by Crippen LogP contribution is -2.25. The number of rotatable bonds is 5. The highest BCUT2D eigenvalue weighted by molar-refractivity contribution is 9.10. The molecule has 0 aliphatic carbocycles. The SMILES string of the molecule is Brc1cccc(C=Cc2cc(OC3CCCCO3)cc(C3CCCCO3)c2)c1. The summed E-state index contributed by atoms with van der Waals surface area (Å²) >= 11 is 3.53. The summed E-state index contributed by atoms with van der Waals surface area (Å²) in [6.45, 7) is 1.62. The van der Waals surface area contributed by atoms with E-state index in [1.165, 1.54) is 12.0 Å². The maximum atomic E-state index is 6.18. The van der Waals surface area contributed by atoms with Crippen LogP contribution in [0.25, 0.3) is 12.2 Å². The molecule has 4 rings (SSSR count). The fourth-order valence-electron chi connectivity index (χ4n) is 3.76. The van der Waals surface area contributed by atoms with E-state index in [0.29, 0.717) is 0 Å². The Bertz CT molecular complexity index is 805. The van der Waals surface area contributed by atoms with E-state index in [0.717, 1.165) is 66.7 Å². The molecule has 2 aliphatic heterocycles. The molecule has 2 unspecified atom stereocenters. The lowest BCUT2D eigenvalue weighted by Gasteiger charge is -2.26. The number of benzene rings is 2. The van der Waals surface area contributed by atoms with E-state index >= 15 is 0 Å². The molecule has 0 spiro atoms. The van der Waals surface area contributed by atoms with E-state index in [2.05, 4.69) is 58.4 Å². The van der Waals surface area contributed by atoms with Crippen LogP contribution in [0.1, 0.15) is 61.3 Å².